The van der Waals surface area contributed by atoms with Crippen LogP contribution in [-0.4, -0.2) is 47.8 Å². The van der Waals surface area contributed by atoms with E-state index in [0.29, 0.717) is 24.8 Å². The number of morpholine rings is 1. The van der Waals surface area contributed by atoms with Crippen molar-refractivity contribution in [2.45, 2.75) is 27.3 Å². The molecule has 0 saturated carbocycles. The molecule has 0 aliphatic carbocycles. The molecule has 28 heavy (non-hydrogen) atoms. The minimum Gasteiger partial charge on any atom is -0.490 e. The molecule has 1 aromatic carbocycles. The van der Waals surface area contributed by atoms with E-state index in [-0.39, 0.29) is 0 Å². The monoisotopic (exact) mass is 399 g/mol. The van der Waals surface area contributed by atoms with Gasteiger partial charge in [0, 0.05) is 18.0 Å². The van der Waals surface area contributed by atoms with Crippen LogP contribution in [0.15, 0.2) is 24.3 Å². The zero-order valence-corrected chi connectivity index (χ0v) is 17.3. The molecule has 3 aromatic rings. The van der Waals surface area contributed by atoms with Crippen LogP contribution in [0.4, 0.5) is 0 Å². The minimum absolute atomic E-state index is 0.582. The summed E-state index contributed by atoms with van der Waals surface area (Å²) in [6, 6.07) is 7.71. The van der Waals surface area contributed by atoms with Gasteiger partial charge in [-0.25, -0.2) is 4.98 Å². The summed E-state index contributed by atoms with van der Waals surface area (Å²) in [4.78, 5) is 14.1. The average molecular weight is 400 g/mol. The minimum atomic E-state index is 0.582. The lowest BCUT2D eigenvalue weighted by molar-refractivity contribution is 0.0330. The topological polar surface area (TPSA) is 56.7 Å². The van der Waals surface area contributed by atoms with Crippen molar-refractivity contribution in [3.63, 3.8) is 0 Å². The average Bonchev–Trinajstić information content (AvgIpc) is 2.98. The standard InChI is InChI=1S/C21H25N3O3S/c1-4-26-16-7-5-6-8-17(16)27-20-19-14(2)15(3)28-21(19)23-18(22-20)13-24-9-11-25-12-10-24/h5-8H,4,9-13H2,1-3H3. The summed E-state index contributed by atoms with van der Waals surface area (Å²) in [6.07, 6.45) is 0. The molecule has 2 aromatic heterocycles. The highest BCUT2D eigenvalue weighted by Gasteiger charge is 2.19. The molecule has 0 bridgehead atoms. The van der Waals surface area contributed by atoms with Crippen LogP contribution < -0.4 is 9.47 Å². The Kier molecular flexibility index (Phi) is 5.75. The van der Waals surface area contributed by atoms with Gasteiger partial charge in [-0.3, -0.25) is 4.90 Å². The van der Waals surface area contributed by atoms with Crippen LogP contribution in [0.2, 0.25) is 0 Å². The molecule has 1 aliphatic heterocycles. The molecule has 0 spiro atoms. The van der Waals surface area contributed by atoms with Gasteiger partial charge in [-0.1, -0.05) is 12.1 Å². The van der Waals surface area contributed by atoms with E-state index in [1.807, 2.05) is 31.2 Å². The lowest BCUT2D eigenvalue weighted by Gasteiger charge is -2.25. The van der Waals surface area contributed by atoms with Gasteiger partial charge < -0.3 is 14.2 Å². The second-order valence-electron chi connectivity index (χ2n) is 6.78. The summed E-state index contributed by atoms with van der Waals surface area (Å²) >= 11 is 1.69. The number of hydrogen-bond acceptors (Lipinski definition) is 7. The fourth-order valence-electron chi connectivity index (χ4n) is 3.27. The summed E-state index contributed by atoms with van der Waals surface area (Å²) in [5.74, 6) is 2.77. The van der Waals surface area contributed by atoms with Crippen LogP contribution in [0.5, 0.6) is 17.4 Å². The third kappa shape index (κ3) is 3.97. The van der Waals surface area contributed by atoms with Gasteiger partial charge in [0.1, 0.15) is 10.7 Å². The molecule has 1 fully saturated rings. The third-order valence-corrected chi connectivity index (χ3v) is 5.97. The van der Waals surface area contributed by atoms with Gasteiger partial charge in [-0.15, -0.1) is 11.3 Å². The van der Waals surface area contributed by atoms with Gasteiger partial charge in [0.05, 0.1) is 31.8 Å². The molecule has 7 heteroatoms. The summed E-state index contributed by atoms with van der Waals surface area (Å²) in [7, 11) is 0. The van der Waals surface area contributed by atoms with Crippen LogP contribution >= 0.6 is 11.3 Å². The van der Waals surface area contributed by atoms with Crippen molar-refractivity contribution in [2.75, 3.05) is 32.9 Å². The Morgan fingerprint density at radius 3 is 2.61 bits per heavy atom. The SMILES string of the molecule is CCOc1ccccc1Oc1nc(CN2CCOCC2)nc2sc(C)c(C)c12. The van der Waals surface area contributed by atoms with E-state index in [1.165, 1.54) is 10.4 Å². The molecular weight excluding hydrogens is 374 g/mol. The number of benzene rings is 1. The van der Waals surface area contributed by atoms with Crippen molar-refractivity contribution in [3.05, 3.63) is 40.5 Å². The van der Waals surface area contributed by atoms with Crippen molar-refractivity contribution in [3.8, 4) is 17.4 Å². The number of ether oxygens (including phenoxy) is 3. The van der Waals surface area contributed by atoms with Gasteiger partial charge in [-0.05, 0) is 38.5 Å². The Hall–Kier alpha value is -2.22. The zero-order chi connectivity index (χ0) is 19.5. The first-order chi connectivity index (χ1) is 13.7. The van der Waals surface area contributed by atoms with Crippen LogP contribution in [0, 0.1) is 13.8 Å². The summed E-state index contributed by atoms with van der Waals surface area (Å²) in [6.45, 7) is 10.8. The lowest BCUT2D eigenvalue weighted by atomic mass is 10.2. The van der Waals surface area contributed by atoms with E-state index in [4.69, 9.17) is 24.2 Å². The molecule has 3 heterocycles. The number of aromatic nitrogens is 2. The van der Waals surface area contributed by atoms with E-state index in [9.17, 15) is 0 Å². The van der Waals surface area contributed by atoms with Crippen LogP contribution in [0.1, 0.15) is 23.2 Å². The highest BCUT2D eigenvalue weighted by Crippen LogP contribution is 2.38. The fourth-order valence-corrected chi connectivity index (χ4v) is 4.31. The quantitative estimate of drug-likeness (QED) is 0.615. The maximum absolute atomic E-state index is 6.29. The Morgan fingerprint density at radius 1 is 1.11 bits per heavy atom. The largest absolute Gasteiger partial charge is 0.490 e. The van der Waals surface area contributed by atoms with E-state index in [2.05, 4.69) is 18.7 Å². The molecule has 0 radical (unpaired) electrons. The van der Waals surface area contributed by atoms with Gasteiger partial charge in [0.2, 0.25) is 5.88 Å². The number of thiophene rings is 1. The second kappa shape index (κ2) is 8.43. The Morgan fingerprint density at radius 2 is 1.86 bits per heavy atom. The molecule has 6 nitrogen and oxygen atoms in total. The molecule has 148 valence electrons. The zero-order valence-electron chi connectivity index (χ0n) is 16.5. The number of fused-ring (bicyclic) bond motifs is 1. The van der Waals surface area contributed by atoms with Crippen molar-refractivity contribution in [1.82, 2.24) is 14.9 Å². The van der Waals surface area contributed by atoms with Crippen molar-refractivity contribution in [2.24, 2.45) is 0 Å². The molecule has 0 N–H and O–H groups in total. The molecular formula is C21H25N3O3S. The number of para-hydroxylation sites is 2. The fraction of sp³-hybridized carbons (Fsp3) is 0.429. The van der Waals surface area contributed by atoms with Crippen molar-refractivity contribution < 1.29 is 14.2 Å². The smallest absolute Gasteiger partial charge is 0.231 e. The number of nitrogens with zero attached hydrogens (tertiary/aromatic N) is 3. The first-order valence-electron chi connectivity index (χ1n) is 9.62. The Labute approximate surface area is 169 Å². The Bertz CT molecular complexity index is 967. The predicted molar refractivity (Wildman–Crippen MR) is 111 cm³/mol. The molecule has 1 saturated heterocycles. The number of rotatable bonds is 6. The molecule has 4 rings (SSSR count). The normalized spacial score (nSPS) is 15.1. The second-order valence-corrected chi connectivity index (χ2v) is 7.98. The van der Waals surface area contributed by atoms with E-state index >= 15 is 0 Å². The molecule has 0 amide bonds. The van der Waals surface area contributed by atoms with E-state index in [1.54, 1.807) is 11.3 Å². The molecule has 0 atom stereocenters. The Balaban J connectivity index is 1.73. The maximum Gasteiger partial charge on any atom is 0.231 e. The van der Waals surface area contributed by atoms with E-state index < -0.39 is 0 Å². The van der Waals surface area contributed by atoms with Gasteiger partial charge >= 0.3 is 0 Å². The first-order valence-corrected chi connectivity index (χ1v) is 10.4. The number of aryl methyl sites for hydroxylation is 2. The van der Waals surface area contributed by atoms with Crippen LogP contribution in [0.25, 0.3) is 10.2 Å². The van der Waals surface area contributed by atoms with E-state index in [0.717, 1.165) is 48.1 Å². The highest BCUT2D eigenvalue weighted by molar-refractivity contribution is 7.18. The predicted octanol–water partition coefficient (Wildman–Crippen LogP) is 4.33. The van der Waals surface area contributed by atoms with Gasteiger partial charge in [0.25, 0.3) is 0 Å². The highest BCUT2D eigenvalue weighted by atomic mass is 32.1. The summed E-state index contributed by atoms with van der Waals surface area (Å²) in [5.41, 5.74) is 1.17. The molecule has 1 aliphatic rings. The summed E-state index contributed by atoms with van der Waals surface area (Å²) < 4.78 is 17.5. The van der Waals surface area contributed by atoms with Crippen LogP contribution in [0.3, 0.4) is 0 Å². The first kappa shape index (κ1) is 19.1. The van der Waals surface area contributed by atoms with Gasteiger partial charge in [-0.2, -0.15) is 4.98 Å². The number of hydrogen-bond donors (Lipinski definition) is 0. The van der Waals surface area contributed by atoms with Gasteiger partial charge in [0.15, 0.2) is 11.5 Å². The summed E-state index contributed by atoms with van der Waals surface area (Å²) in [5, 5.41) is 0.986. The van der Waals surface area contributed by atoms with Crippen LogP contribution in [-0.2, 0) is 11.3 Å². The van der Waals surface area contributed by atoms with Crippen molar-refractivity contribution in [1.29, 1.82) is 0 Å². The lowest BCUT2D eigenvalue weighted by Crippen LogP contribution is -2.36. The maximum atomic E-state index is 6.29. The third-order valence-electron chi connectivity index (χ3n) is 4.87. The van der Waals surface area contributed by atoms with Crippen molar-refractivity contribution >= 4 is 21.6 Å². The molecule has 0 unspecified atom stereocenters.